The molecular weight excluding hydrogens is 240 g/mol. The van der Waals surface area contributed by atoms with Crippen molar-refractivity contribution in [2.24, 2.45) is 5.92 Å². The Kier molecular flexibility index (Phi) is 4.43. The van der Waals surface area contributed by atoms with E-state index in [1.165, 1.54) is 18.5 Å². The van der Waals surface area contributed by atoms with E-state index in [1.54, 1.807) is 12.1 Å². The Morgan fingerprint density at radius 2 is 2.32 bits per heavy atom. The van der Waals surface area contributed by atoms with Gasteiger partial charge >= 0.3 is 5.97 Å². The number of carboxylic acid groups (broad SMARTS) is 1. The fraction of sp³-hybridized carbons (Fsp3) is 0.533. The second kappa shape index (κ2) is 6.06. The van der Waals surface area contributed by atoms with E-state index in [-0.39, 0.29) is 0 Å². The van der Waals surface area contributed by atoms with Gasteiger partial charge in [0.25, 0.3) is 0 Å². The Hall–Kier alpha value is -1.55. The van der Waals surface area contributed by atoms with Crippen molar-refractivity contribution in [1.82, 2.24) is 5.32 Å². The lowest BCUT2D eigenvalue weighted by Gasteiger charge is -2.35. The summed E-state index contributed by atoms with van der Waals surface area (Å²) in [6.07, 6.45) is 2.47. The van der Waals surface area contributed by atoms with Crippen LogP contribution in [0.25, 0.3) is 0 Å². The number of benzene rings is 1. The number of aromatic carboxylic acids is 1. The van der Waals surface area contributed by atoms with Crippen LogP contribution in [0.5, 0.6) is 0 Å². The number of carbonyl (C=O) groups is 1. The van der Waals surface area contributed by atoms with Gasteiger partial charge in [-0.2, -0.15) is 0 Å². The van der Waals surface area contributed by atoms with E-state index >= 15 is 0 Å². The van der Waals surface area contributed by atoms with Crippen LogP contribution >= 0.6 is 0 Å². The first-order chi connectivity index (χ1) is 9.11. The fourth-order valence-electron chi connectivity index (χ4n) is 2.88. The summed E-state index contributed by atoms with van der Waals surface area (Å²) in [6, 6.07) is 5.41. The minimum atomic E-state index is -0.860. The zero-order valence-corrected chi connectivity index (χ0v) is 11.6. The van der Waals surface area contributed by atoms with E-state index in [9.17, 15) is 4.79 Å². The zero-order chi connectivity index (χ0) is 13.8. The topological polar surface area (TPSA) is 52.6 Å². The molecule has 1 atom stereocenters. The van der Waals surface area contributed by atoms with Crippen LogP contribution in [0.1, 0.15) is 28.8 Å². The highest BCUT2D eigenvalue weighted by Gasteiger charge is 2.21. The Balaban J connectivity index is 2.15. The molecule has 0 aliphatic carbocycles. The van der Waals surface area contributed by atoms with Crippen LogP contribution in [0, 0.1) is 12.8 Å². The van der Waals surface area contributed by atoms with E-state index < -0.39 is 5.97 Å². The molecule has 0 amide bonds. The summed E-state index contributed by atoms with van der Waals surface area (Å²) in [4.78, 5) is 13.3. The highest BCUT2D eigenvalue weighted by atomic mass is 16.4. The van der Waals surface area contributed by atoms with Gasteiger partial charge in [-0.1, -0.05) is 0 Å². The molecule has 1 aliphatic heterocycles. The largest absolute Gasteiger partial charge is 0.478 e. The maximum absolute atomic E-state index is 11.0. The van der Waals surface area contributed by atoms with Crippen LogP contribution in [-0.2, 0) is 0 Å². The average Bonchev–Trinajstić information content (AvgIpc) is 2.39. The first-order valence-electron chi connectivity index (χ1n) is 6.85. The molecule has 19 heavy (non-hydrogen) atoms. The van der Waals surface area contributed by atoms with E-state index in [1.807, 2.05) is 20.0 Å². The van der Waals surface area contributed by atoms with Crippen molar-refractivity contribution < 1.29 is 9.90 Å². The number of hydrogen-bond acceptors (Lipinski definition) is 3. The highest BCUT2D eigenvalue weighted by molar-refractivity contribution is 5.88. The number of piperidine rings is 1. The smallest absolute Gasteiger partial charge is 0.335 e. The predicted octanol–water partition coefficient (Wildman–Crippen LogP) is 2.13. The van der Waals surface area contributed by atoms with Gasteiger partial charge in [0.15, 0.2) is 0 Å². The monoisotopic (exact) mass is 262 g/mol. The molecule has 1 fully saturated rings. The maximum Gasteiger partial charge on any atom is 0.335 e. The van der Waals surface area contributed by atoms with Crippen molar-refractivity contribution in [1.29, 1.82) is 0 Å². The van der Waals surface area contributed by atoms with Crippen molar-refractivity contribution >= 4 is 11.7 Å². The summed E-state index contributed by atoms with van der Waals surface area (Å²) in [6.45, 7) is 5.15. The van der Waals surface area contributed by atoms with Gasteiger partial charge in [-0.15, -0.1) is 0 Å². The number of carboxylic acids is 1. The van der Waals surface area contributed by atoms with Gasteiger partial charge < -0.3 is 15.3 Å². The molecule has 4 nitrogen and oxygen atoms in total. The van der Waals surface area contributed by atoms with Crippen LogP contribution in [0.2, 0.25) is 0 Å². The van der Waals surface area contributed by atoms with Crippen LogP contribution in [-0.4, -0.2) is 37.8 Å². The molecule has 1 aromatic carbocycles. The quantitative estimate of drug-likeness (QED) is 0.873. The molecule has 0 bridgehead atoms. The van der Waals surface area contributed by atoms with Gasteiger partial charge in [0.05, 0.1) is 5.56 Å². The SMILES string of the molecule is CNCC1CCCN(c2ccc(C(=O)O)cc2C)C1. The van der Waals surface area contributed by atoms with Gasteiger partial charge in [0.2, 0.25) is 0 Å². The first-order valence-corrected chi connectivity index (χ1v) is 6.85. The Labute approximate surface area is 114 Å². The van der Waals surface area contributed by atoms with Crippen molar-refractivity contribution in [3.8, 4) is 0 Å². The van der Waals surface area contributed by atoms with E-state index in [2.05, 4.69) is 10.2 Å². The van der Waals surface area contributed by atoms with Crippen LogP contribution in [0.3, 0.4) is 0 Å². The molecule has 0 saturated carbocycles. The predicted molar refractivity (Wildman–Crippen MR) is 77.0 cm³/mol. The van der Waals surface area contributed by atoms with Crippen molar-refractivity contribution in [2.75, 3.05) is 31.6 Å². The summed E-state index contributed by atoms with van der Waals surface area (Å²) in [5.41, 5.74) is 2.58. The third kappa shape index (κ3) is 3.26. The lowest BCUT2D eigenvalue weighted by atomic mass is 9.96. The molecule has 104 valence electrons. The van der Waals surface area contributed by atoms with E-state index in [0.29, 0.717) is 11.5 Å². The molecule has 0 radical (unpaired) electrons. The molecule has 2 N–H and O–H groups in total. The molecule has 1 aliphatic rings. The number of nitrogens with zero attached hydrogens (tertiary/aromatic N) is 1. The molecule has 1 heterocycles. The van der Waals surface area contributed by atoms with Gasteiger partial charge in [0.1, 0.15) is 0 Å². The van der Waals surface area contributed by atoms with Gasteiger partial charge in [-0.3, -0.25) is 0 Å². The van der Waals surface area contributed by atoms with Crippen LogP contribution in [0.15, 0.2) is 18.2 Å². The van der Waals surface area contributed by atoms with E-state index in [0.717, 1.165) is 25.2 Å². The number of aryl methyl sites for hydroxylation is 1. The summed E-state index contributed by atoms with van der Waals surface area (Å²) in [5, 5.41) is 12.2. The lowest BCUT2D eigenvalue weighted by Crippen LogP contribution is -2.39. The van der Waals surface area contributed by atoms with Gasteiger partial charge in [-0.25, -0.2) is 4.79 Å². The second-order valence-corrected chi connectivity index (χ2v) is 5.32. The molecular formula is C15H22N2O2. The number of hydrogen-bond donors (Lipinski definition) is 2. The standard InChI is InChI=1S/C15H22N2O2/c1-11-8-13(15(18)19)5-6-14(11)17-7-3-4-12(10-17)9-16-2/h5-6,8,12,16H,3-4,7,9-10H2,1-2H3,(H,18,19). The molecule has 2 rings (SSSR count). The molecule has 4 heteroatoms. The number of anilines is 1. The third-order valence-corrected chi connectivity index (χ3v) is 3.80. The van der Waals surface area contributed by atoms with Crippen LogP contribution in [0.4, 0.5) is 5.69 Å². The Morgan fingerprint density at radius 3 is 2.95 bits per heavy atom. The normalized spacial score (nSPS) is 19.5. The first kappa shape index (κ1) is 13.9. The summed E-state index contributed by atoms with van der Waals surface area (Å²) < 4.78 is 0. The minimum Gasteiger partial charge on any atom is -0.478 e. The molecule has 1 saturated heterocycles. The molecule has 0 aromatic heterocycles. The maximum atomic E-state index is 11.0. The fourth-order valence-corrected chi connectivity index (χ4v) is 2.88. The highest BCUT2D eigenvalue weighted by Crippen LogP contribution is 2.26. The summed E-state index contributed by atoms with van der Waals surface area (Å²) in [5.74, 6) is -0.182. The number of nitrogens with one attached hydrogen (secondary N) is 1. The van der Waals surface area contributed by atoms with Gasteiger partial charge in [0, 0.05) is 18.8 Å². The summed E-state index contributed by atoms with van der Waals surface area (Å²) in [7, 11) is 1.99. The van der Waals surface area contributed by atoms with Crippen molar-refractivity contribution in [3.63, 3.8) is 0 Å². The van der Waals surface area contributed by atoms with Crippen molar-refractivity contribution in [2.45, 2.75) is 19.8 Å². The average molecular weight is 262 g/mol. The van der Waals surface area contributed by atoms with Gasteiger partial charge in [-0.05, 0) is 63.0 Å². The third-order valence-electron chi connectivity index (χ3n) is 3.80. The Bertz CT molecular complexity index is 457. The minimum absolute atomic E-state index is 0.366. The van der Waals surface area contributed by atoms with E-state index in [4.69, 9.17) is 5.11 Å². The Morgan fingerprint density at radius 1 is 1.53 bits per heavy atom. The lowest BCUT2D eigenvalue weighted by molar-refractivity contribution is 0.0697. The second-order valence-electron chi connectivity index (χ2n) is 5.32. The zero-order valence-electron chi connectivity index (χ0n) is 11.6. The molecule has 1 aromatic rings. The molecule has 0 spiro atoms. The van der Waals surface area contributed by atoms with Crippen LogP contribution < -0.4 is 10.2 Å². The number of rotatable bonds is 4. The molecule has 1 unspecified atom stereocenters. The van der Waals surface area contributed by atoms with Crippen molar-refractivity contribution in [3.05, 3.63) is 29.3 Å². The summed E-state index contributed by atoms with van der Waals surface area (Å²) >= 11 is 0.